The van der Waals surface area contributed by atoms with Crippen molar-refractivity contribution in [2.75, 3.05) is 0 Å². The van der Waals surface area contributed by atoms with Gasteiger partial charge in [-0.05, 0) is 37.4 Å². The van der Waals surface area contributed by atoms with Crippen LogP contribution in [0, 0.1) is 0 Å². The molecule has 16 heavy (non-hydrogen) atoms. The zero-order valence-electron chi connectivity index (χ0n) is 10.2. The lowest BCUT2D eigenvalue weighted by Gasteiger charge is -2.06. The Bertz CT molecular complexity index is 360. The van der Waals surface area contributed by atoms with Crippen LogP contribution in [-0.4, -0.2) is 17.2 Å². The summed E-state index contributed by atoms with van der Waals surface area (Å²) in [6.45, 7) is 13.2. The van der Waals surface area contributed by atoms with Gasteiger partial charge >= 0.3 is 7.12 Å². The second-order valence-corrected chi connectivity index (χ2v) is 3.63. The second-order valence-electron chi connectivity index (χ2n) is 3.63. The number of rotatable bonds is 5. The molecule has 0 aliphatic rings. The molecule has 0 bridgehead atoms. The van der Waals surface area contributed by atoms with Crippen molar-refractivity contribution in [1.82, 2.24) is 0 Å². The van der Waals surface area contributed by atoms with Crippen molar-refractivity contribution in [3.63, 3.8) is 0 Å². The van der Waals surface area contributed by atoms with Gasteiger partial charge in [-0.25, -0.2) is 0 Å². The standard InChI is InChI=1S/C13H19BO2/c1-6-7-8-10(2)11(3)9-12(4)13(5)14(15)16/h6-9,15-16H,3,5H2,1-2,4H3/b7-6-,10-8+,12-9-. The van der Waals surface area contributed by atoms with Gasteiger partial charge in [0, 0.05) is 0 Å². The lowest BCUT2D eigenvalue weighted by atomic mass is 9.76. The van der Waals surface area contributed by atoms with E-state index in [0.717, 1.165) is 11.1 Å². The van der Waals surface area contributed by atoms with Crippen molar-refractivity contribution < 1.29 is 10.0 Å². The van der Waals surface area contributed by atoms with E-state index in [9.17, 15) is 0 Å². The molecular formula is C13H19BO2. The van der Waals surface area contributed by atoms with Gasteiger partial charge < -0.3 is 10.0 Å². The van der Waals surface area contributed by atoms with Gasteiger partial charge in [-0.2, -0.15) is 0 Å². The molecule has 0 heterocycles. The molecule has 0 spiro atoms. The van der Waals surface area contributed by atoms with Gasteiger partial charge in [0.05, 0.1) is 0 Å². The summed E-state index contributed by atoms with van der Waals surface area (Å²) in [5.74, 6) is 0. The maximum Gasteiger partial charge on any atom is 0.488 e. The predicted molar refractivity (Wildman–Crippen MR) is 70.8 cm³/mol. The summed E-state index contributed by atoms with van der Waals surface area (Å²) in [5.41, 5.74) is 2.86. The highest BCUT2D eigenvalue weighted by molar-refractivity contribution is 6.52. The van der Waals surface area contributed by atoms with E-state index in [0.29, 0.717) is 11.0 Å². The van der Waals surface area contributed by atoms with Crippen molar-refractivity contribution in [2.24, 2.45) is 0 Å². The maximum atomic E-state index is 8.94. The molecule has 0 fully saturated rings. The van der Waals surface area contributed by atoms with E-state index in [-0.39, 0.29) is 0 Å². The first-order chi connectivity index (χ1) is 7.40. The molecule has 0 rings (SSSR count). The molecule has 0 saturated heterocycles. The van der Waals surface area contributed by atoms with Gasteiger partial charge in [-0.1, -0.05) is 43.0 Å². The third kappa shape index (κ3) is 4.96. The lowest BCUT2D eigenvalue weighted by molar-refractivity contribution is 0.420. The highest BCUT2D eigenvalue weighted by atomic mass is 16.4. The van der Waals surface area contributed by atoms with Crippen LogP contribution in [0.2, 0.25) is 0 Å². The summed E-state index contributed by atoms with van der Waals surface area (Å²) >= 11 is 0. The molecule has 86 valence electrons. The van der Waals surface area contributed by atoms with Gasteiger partial charge in [-0.3, -0.25) is 0 Å². The first-order valence-electron chi connectivity index (χ1n) is 5.12. The molecule has 0 aromatic heterocycles. The Morgan fingerprint density at radius 3 is 2.12 bits per heavy atom. The molecule has 2 nitrogen and oxygen atoms in total. The highest BCUT2D eigenvalue weighted by Crippen LogP contribution is 2.15. The van der Waals surface area contributed by atoms with Gasteiger partial charge in [0.25, 0.3) is 0 Å². The monoisotopic (exact) mass is 218 g/mol. The van der Waals surface area contributed by atoms with Crippen molar-refractivity contribution >= 4 is 7.12 Å². The minimum absolute atomic E-state index is 0.292. The summed E-state index contributed by atoms with van der Waals surface area (Å²) in [5, 5.41) is 17.9. The molecule has 0 aliphatic heterocycles. The van der Waals surface area contributed by atoms with Crippen LogP contribution in [0.4, 0.5) is 0 Å². The molecule has 0 saturated carbocycles. The molecule has 3 heteroatoms. The average molecular weight is 218 g/mol. The Kier molecular flexibility index (Phi) is 6.46. The maximum absolute atomic E-state index is 8.94. The van der Waals surface area contributed by atoms with E-state index in [1.807, 2.05) is 32.1 Å². The third-order valence-electron chi connectivity index (χ3n) is 2.25. The lowest BCUT2D eigenvalue weighted by Crippen LogP contribution is -2.15. The van der Waals surface area contributed by atoms with Crippen LogP contribution >= 0.6 is 0 Å². The fourth-order valence-electron chi connectivity index (χ4n) is 1.02. The summed E-state index contributed by atoms with van der Waals surface area (Å²) < 4.78 is 0. The van der Waals surface area contributed by atoms with E-state index in [1.54, 1.807) is 13.0 Å². The van der Waals surface area contributed by atoms with Gasteiger partial charge in [0.1, 0.15) is 0 Å². The van der Waals surface area contributed by atoms with Gasteiger partial charge in [0.2, 0.25) is 0 Å². The quantitative estimate of drug-likeness (QED) is 0.550. The second kappa shape index (κ2) is 7.04. The van der Waals surface area contributed by atoms with E-state index < -0.39 is 7.12 Å². The first-order valence-corrected chi connectivity index (χ1v) is 5.12. The molecular weight excluding hydrogens is 199 g/mol. The Morgan fingerprint density at radius 2 is 1.69 bits per heavy atom. The van der Waals surface area contributed by atoms with Crippen LogP contribution in [0.1, 0.15) is 20.8 Å². The Morgan fingerprint density at radius 1 is 1.12 bits per heavy atom. The Hall–Kier alpha value is -1.32. The smallest absolute Gasteiger partial charge is 0.423 e. The van der Waals surface area contributed by atoms with Crippen molar-refractivity contribution in [1.29, 1.82) is 0 Å². The van der Waals surface area contributed by atoms with Crippen molar-refractivity contribution in [2.45, 2.75) is 20.8 Å². The van der Waals surface area contributed by atoms with Gasteiger partial charge in [-0.15, -0.1) is 0 Å². The number of allylic oxidation sites excluding steroid dienone is 8. The molecule has 0 unspecified atom stereocenters. The number of hydrogen-bond donors (Lipinski definition) is 2. The summed E-state index contributed by atoms with van der Waals surface area (Å²) in [4.78, 5) is 0. The van der Waals surface area contributed by atoms with E-state index in [4.69, 9.17) is 10.0 Å². The van der Waals surface area contributed by atoms with Crippen LogP contribution in [0.25, 0.3) is 0 Å². The van der Waals surface area contributed by atoms with Crippen LogP contribution in [-0.2, 0) is 0 Å². The van der Waals surface area contributed by atoms with Crippen molar-refractivity contribution in [3.05, 3.63) is 59.7 Å². The predicted octanol–water partition coefficient (Wildman–Crippen LogP) is 2.58. The molecule has 0 aromatic carbocycles. The average Bonchev–Trinajstić information content (AvgIpc) is 2.24. The summed E-state index contributed by atoms with van der Waals surface area (Å²) in [6, 6.07) is 0. The molecule has 0 aliphatic carbocycles. The summed E-state index contributed by atoms with van der Waals surface area (Å²) in [6.07, 6.45) is 7.60. The largest absolute Gasteiger partial charge is 0.488 e. The molecule has 0 aromatic rings. The Labute approximate surface area is 98.2 Å². The van der Waals surface area contributed by atoms with Crippen LogP contribution in [0.5, 0.6) is 0 Å². The molecule has 0 radical (unpaired) electrons. The first kappa shape index (κ1) is 14.7. The van der Waals surface area contributed by atoms with Crippen LogP contribution in [0.3, 0.4) is 0 Å². The van der Waals surface area contributed by atoms with Gasteiger partial charge in [0.15, 0.2) is 0 Å². The molecule has 2 N–H and O–H groups in total. The molecule has 0 amide bonds. The van der Waals surface area contributed by atoms with E-state index in [2.05, 4.69) is 13.2 Å². The normalized spacial score (nSPS) is 13.1. The van der Waals surface area contributed by atoms with E-state index in [1.165, 1.54) is 0 Å². The Balaban J connectivity index is 4.78. The minimum Gasteiger partial charge on any atom is -0.423 e. The molecule has 0 atom stereocenters. The van der Waals surface area contributed by atoms with Crippen LogP contribution in [0.15, 0.2) is 59.7 Å². The topological polar surface area (TPSA) is 40.5 Å². The van der Waals surface area contributed by atoms with Crippen molar-refractivity contribution in [3.8, 4) is 0 Å². The minimum atomic E-state index is -1.51. The third-order valence-corrected chi connectivity index (χ3v) is 2.25. The SMILES string of the molecule is C=C(B(O)O)/C(C)=C\C(=C)/C(C)=C/C=C\C. The van der Waals surface area contributed by atoms with E-state index >= 15 is 0 Å². The zero-order valence-corrected chi connectivity index (χ0v) is 10.2. The number of hydrogen-bond acceptors (Lipinski definition) is 2. The fraction of sp³-hybridized carbons (Fsp3) is 0.231. The summed E-state index contributed by atoms with van der Waals surface area (Å²) in [7, 11) is -1.51. The zero-order chi connectivity index (χ0) is 12.7. The fourth-order valence-corrected chi connectivity index (χ4v) is 1.02. The highest BCUT2D eigenvalue weighted by Gasteiger charge is 2.13. The van der Waals surface area contributed by atoms with Crippen LogP contribution < -0.4 is 0 Å².